The van der Waals surface area contributed by atoms with Crippen LogP contribution in [-0.2, 0) is 5.54 Å². The molecule has 0 aliphatic carbocycles. The molecule has 0 spiro atoms. The van der Waals surface area contributed by atoms with Gasteiger partial charge in [-0.1, -0.05) is 35.1 Å². The Bertz CT molecular complexity index is 1320. The average molecular weight is 479 g/mol. The molecule has 1 aromatic carbocycles. The molecule has 0 saturated heterocycles. The van der Waals surface area contributed by atoms with Gasteiger partial charge >= 0.3 is 0 Å². The first kappa shape index (κ1) is 23.5. The molecule has 0 radical (unpaired) electrons. The number of thiazole rings is 1. The fourth-order valence-electron chi connectivity index (χ4n) is 3.39. The Morgan fingerprint density at radius 2 is 1.88 bits per heavy atom. The SMILES string of the molecule is Cc1ccc(C(=O)Nc2nc3c(s2)c(C(=O)N[C@H](CO)c2cccnc2)nn3C(C)(C)C)cc1. The molecule has 10 heteroatoms. The lowest BCUT2D eigenvalue weighted by atomic mass is 10.1. The molecule has 3 heterocycles. The Morgan fingerprint density at radius 3 is 2.50 bits per heavy atom. The van der Waals surface area contributed by atoms with Crippen molar-refractivity contribution in [3.63, 3.8) is 0 Å². The highest BCUT2D eigenvalue weighted by Gasteiger charge is 2.28. The maximum Gasteiger partial charge on any atom is 0.273 e. The Hall–Kier alpha value is -3.63. The standard InChI is InChI=1S/C24H26N6O3S/c1-14-7-9-15(10-8-14)21(32)28-23-27-20-19(34-23)18(29-30(20)24(2,3)4)22(33)26-17(13-31)16-6-5-11-25-12-16/h5-12,17,31H,13H2,1-4H3,(H,26,33)(H,27,28,32)/t17-/m1/s1. The number of hydrogen-bond acceptors (Lipinski definition) is 7. The van der Waals surface area contributed by atoms with Gasteiger partial charge in [0.25, 0.3) is 11.8 Å². The number of anilines is 1. The van der Waals surface area contributed by atoms with E-state index in [0.717, 1.165) is 5.56 Å². The number of aliphatic hydroxyl groups excluding tert-OH is 1. The van der Waals surface area contributed by atoms with Crippen molar-refractivity contribution in [1.29, 1.82) is 0 Å². The minimum absolute atomic E-state index is 0.181. The maximum atomic E-state index is 13.2. The summed E-state index contributed by atoms with van der Waals surface area (Å²) in [7, 11) is 0. The predicted molar refractivity (Wildman–Crippen MR) is 131 cm³/mol. The van der Waals surface area contributed by atoms with E-state index in [9.17, 15) is 14.7 Å². The van der Waals surface area contributed by atoms with Crippen molar-refractivity contribution in [2.24, 2.45) is 0 Å². The van der Waals surface area contributed by atoms with Crippen LogP contribution in [0.2, 0.25) is 0 Å². The van der Waals surface area contributed by atoms with E-state index in [1.807, 2.05) is 39.8 Å². The number of hydrogen-bond donors (Lipinski definition) is 3. The number of pyridine rings is 1. The summed E-state index contributed by atoms with van der Waals surface area (Å²) in [4.78, 5) is 34.5. The van der Waals surface area contributed by atoms with Gasteiger partial charge in [-0.2, -0.15) is 10.1 Å². The van der Waals surface area contributed by atoms with Gasteiger partial charge in [0.2, 0.25) is 0 Å². The number of rotatable bonds is 6. The Labute approximate surface area is 200 Å². The zero-order valence-electron chi connectivity index (χ0n) is 19.4. The summed E-state index contributed by atoms with van der Waals surface area (Å²) >= 11 is 1.18. The van der Waals surface area contributed by atoms with E-state index < -0.39 is 17.5 Å². The zero-order valence-corrected chi connectivity index (χ0v) is 20.2. The van der Waals surface area contributed by atoms with Gasteiger partial charge in [0.05, 0.1) is 18.2 Å². The molecule has 0 aliphatic rings. The van der Waals surface area contributed by atoms with E-state index in [0.29, 0.717) is 26.6 Å². The molecule has 0 bridgehead atoms. The number of carbonyl (C=O) groups is 2. The summed E-state index contributed by atoms with van der Waals surface area (Å²) in [5, 5.41) is 20.4. The van der Waals surface area contributed by atoms with Gasteiger partial charge in [0, 0.05) is 18.0 Å². The third-order valence-electron chi connectivity index (χ3n) is 5.18. The summed E-state index contributed by atoms with van der Waals surface area (Å²) in [5.74, 6) is -0.731. The molecule has 2 amide bonds. The van der Waals surface area contributed by atoms with E-state index in [4.69, 9.17) is 0 Å². The molecule has 0 aliphatic heterocycles. The van der Waals surface area contributed by atoms with Crippen LogP contribution in [0.5, 0.6) is 0 Å². The van der Waals surface area contributed by atoms with Crippen molar-refractivity contribution in [1.82, 2.24) is 25.1 Å². The summed E-state index contributed by atoms with van der Waals surface area (Å²) in [6.45, 7) is 7.53. The number of aromatic nitrogens is 4. The summed E-state index contributed by atoms with van der Waals surface area (Å²) < 4.78 is 2.22. The van der Waals surface area contributed by atoms with Crippen LogP contribution in [0.25, 0.3) is 10.3 Å². The molecule has 176 valence electrons. The van der Waals surface area contributed by atoms with Crippen LogP contribution in [0.3, 0.4) is 0 Å². The first-order valence-corrected chi connectivity index (χ1v) is 11.6. The minimum atomic E-state index is -0.635. The van der Waals surface area contributed by atoms with Crippen molar-refractivity contribution < 1.29 is 14.7 Å². The monoisotopic (exact) mass is 478 g/mol. The fraction of sp³-hybridized carbons (Fsp3) is 0.292. The van der Waals surface area contributed by atoms with Crippen LogP contribution in [0.4, 0.5) is 5.13 Å². The van der Waals surface area contributed by atoms with E-state index in [1.54, 1.807) is 41.3 Å². The van der Waals surface area contributed by atoms with E-state index >= 15 is 0 Å². The number of fused-ring (bicyclic) bond motifs is 1. The highest BCUT2D eigenvalue weighted by molar-refractivity contribution is 7.22. The molecule has 0 unspecified atom stereocenters. The third-order valence-corrected chi connectivity index (χ3v) is 6.15. The van der Waals surface area contributed by atoms with Gasteiger partial charge in [-0.25, -0.2) is 4.68 Å². The molecule has 9 nitrogen and oxygen atoms in total. The molecule has 34 heavy (non-hydrogen) atoms. The fourth-order valence-corrected chi connectivity index (χ4v) is 4.31. The largest absolute Gasteiger partial charge is 0.394 e. The second-order valence-electron chi connectivity index (χ2n) is 8.92. The van der Waals surface area contributed by atoms with Crippen molar-refractivity contribution in [2.75, 3.05) is 11.9 Å². The van der Waals surface area contributed by atoms with Crippen molar-refractivity contribution in [3.05, 3.63) is 71.2 Å². The molecule has 3 aromatic heterocycles. The normalized spacial score (nSPS) is 12.5. The van der Waals surface area contributed by atoms with Crippen LogP contribution in [0.15, 0.2) is 48.8 Å². The first-order valence-electron chi connectivity index (χ1n) is 10.8. The molecule has 4 aromatic rings. The number of aryl methyl sites for hydroxylation is 1. The lowest BCUT2D eigenvalue weighted by molar-refractivity contribution is 0.0910. The van der Waals surface area contributed by atoms with Gasteiger partial charge in [-0.05, 0) is 51.5 Å². The van der Waals surface area contributed by atoms with Gasteiger partial charge in [-0.15, -0.1) is 0 Å². The topological polar surface area (TPSA) is 122 Å². The van der Waals surface area contributed by atoms with Crippen molar-refractivity contribution >= 4 is 38.6 Å². The zero-order chi connectivity index (χ0) is 24.5. The van der Waals surface area contributed by atoms with E-state index in [-0.39, 0.29) is 18.2 Å². The Kier molecular flexibility index (Phi) is 6.45. The molecular formula is C24H26N6O3S. The highest BCUT2D eigenvalue weighted by Crippen LogP contribution is 2.32. The quantitative estimate of drug-likeness (QED) is 0.389. The van der Waals surface area contributed by atoms with Gasteiger partial charge in [0.1, 0.15) is 4.70 Å². The number of nitrogens with zero attached hydrogens (tertiary/aromatic N) is 4. The maximum absolute atomic E-state index is 13.2. The van der Waals surface area contributed by atoms with Crippen molar-refractivity contribution in [2.45, 2.75) is 39.3 Å². The lowest BCUT2D eigenvalue weighted by Crippen LogP contribution is -2.32. The number of nitrogens with one attached hydrogen (secondary N) is 2. The number of carbonyl (C=O) groups excluding carboxylic acids is 2. The van der Waals surface area contributed by atoms with E-state index in [1.165, 1.54) is 11.3 Å². The van der Waals surface area contributed by atoms with Crippen LogP contribution in [0, 0.1) is 6.92 Å². The second kappa shape index (κ2) is 9.32. The molecule has 0 saturated carbocycles. The summed E-state index contributed by atoms with van der Waals surface area (Å²) in [6, 6.07) is 10.1. The van der Waals surface area contributed by atoms with Crippen LogP contribution in [0.1, 0.15) is 58.8 Å². The van der Waals surface area contributed by atoms with Crippen LogP contribution in [-0.4, -0.2) is 43.3 Å². The molecule has 3 N–H and O–H groups in total. The average Bonchev–Trinajstić information content (AvgIpc) is 3.36. The lowest BCUT2D eigenvalue weighted by Gasteiger charge is -2.19. The molecule has 0 fully saturated rings. The Balaban J connectivity index is 1.66. The Morgan fingerprint density at radius 1 is 1.15 bits per heavy atom. The van der Waals surface area contributed by atoms with Gasteiger partial charge < -0.3 is 10.4 Å². The second-order valence-corrected chi connectivity index (χ2v) is 9.92. The minimum Gasteiger partial charge on any atom is -0.394 e. The van der Waals surface area contributed by atoms with Crippen LogP contribution >= 0.6 is 11.3 Å². The van der Waals surface area contributed by atoms with Gasteiger partial charge in [0.15, 0.2) is 16.5 Å². The molecule has 1 atom stereocenters. The molecular weight excluding hydrogens is 452 g/mol. The molecule has 4 rings (SSSR count). The first-order chi connectivity index (χ1) is 16.2. The highest BCUT2D eigenvalue weighted by atomic mass is 32.1. The van der Waals surface area contributed by atoms with Gasteiger partial charge in [-0.3, -0.25) is 19.9 Å². The summed E-state index contributed by atoms with van der Waals surface area (Å²) in [6.07, 6.45) is 3.22. The van der Waals surface area contributed by atoms with Crippen LogP contribution < -0.4 is 10.6 Å². The smallest absolute Gasteiger partial charge is 0.273 e. The number of amides is 2. The van der Waals surface area contributed by atoms with Crippen molar-refractivity contribution in [3.8, 4) is 0 Å². The summed E-state index contributed by atoms with van der Waals surface area (Å²) in [5.41, 5.74) is 2.49. The van der Waals surface area contributed by atoms with E-state index in [2.05, 4.69) is 25.7 Å². The number of benzene rings is 1. The number of aliphatic hydroxyl groups is 1. The predicted octanol–water partition coefficient (Wildman–Crippen LogP) is 3.67. The third kappa shape index (κ3) is 4.82.